The lowest BCUT2D eigenvalue weighted by molar-refractivity contribution is -0.131. The fourth-order valence-electron chi connectivity index (χ4n) is 2.65. The van der Waals surface area contributed by atoms with Crippen LogP contribution in [0.2, 0.25) is 0 Å². The van der Waals surface area contributed by atoms with E-state index in [1.807, 2.05) is 0 Å². The molecule has 5 N–H and O–H groups in total. The number of ether oxygens (including phenoxy) is 4. The molecule has 2 aliphatic heterocycles. The summed E-state index contributed by atoms with van der Waals surface area (Å²) >= 11 is 0. The number of guanidine groups is 1. The van der Waals surface area contributed by atoms with Crippen molar-refractivity contribution in [2.24, 2.45) is 16.5 Å². The normalized spacial score (nSPS) is 13.0. The van der Waals surface area contributed by atoms with E-state index in [4.69, 9.17) is 35.5 Å². The number of carbonyl (C=O) groups excluding carboxylic acids is 1. The molecule has 0 unspecified atom stereocenters. The Morgan fingerprint density at radius 1 is 0.839 bits per heavy atom. The molecule has 4 rings (SSSR count). The zero-order chi connectivity index (χ0) is 22.2. The van der Waals surface area contributed by atoms with Crippen molar-refractivity contribution in [3.63, 3.8) is 0 Å². The summed E-state index contributed by atoms with van der Waals surface area (Å²) in [5.41, 5.74) is 11.6. The molecule has 2 aliphatic rings. The van der Waals surface area contributed by atoms with E-state index in [-0.39, 0.29) is 19.5 Å². The monoisotopic (exact) mass is 425 g/mol. The number of carboxylic acid groups (broad SMARTS) is 1. The summed E-state index contributed by atoms with van der Waals surface area (Å²) in [7, 11) is 0. The quantitative estimate of drug-likeness (QED) is 0.377. The molecule has 2 aromatic rings. The summed E-state index contributed by atoms with van der Waals surface area (Å²) in [6.07, 6.45) is 5.38. The number of carbonyl (C=O) groups is 2. The van der Waals surface area contributed by atoms with Crippen LogP contribution in [0, 0.1) is 0 Å². The molecule has 0 spiro atoms. The molecule has 0 saturated heterocycles. The number of rotatable bonds is 4. The number of aliphatic imine (C=N–C) groups is 1. The first kappa shape index (κ1) is 21.2. The van der Waals surface area contributed by atoms with Crippen LogP contribution in [-0.2, 0) is 9.59 Å². The van der Waals surface area contributed by atoms with Crippen LogP contribution in [0.3, 0.4) is 0 Å². The number of nitrogens with two attached hydrogens (primary N) is 2. The predicted molar refractivity (Wildman–Crippen MR) is 112 cm³/mol. The number of fused-ring (bicyclic) bond motifs is 2. The molecule has 0 saturated carbocycles. The molecule has 0 bridgehead atoms. The van der Waals surface area contributed by atoms with Crippen LogP contribution in [0.4, 0.5) is 0 Å². The Bertz CT molecular complexity index is 1070. The number of benzene rings is 2. The summed E-state index contributed by atoms with van der Waals surface area (Å²) in [4.78, 5) is 24.9. The molecule has 0 atom stereocenters. The summed E-state index contributed by atoms with van der Waals surface area (Å²) in [6.45, 7) is 0.370. The lowest BCUT2D eigenvalue weighted by Crippen LogP contribution is -2.23. The third kappa shape index (κ3) is 5.76. The molecule has 0 aromatic heterocycles. The highest BCUT2D eigenvalue weighted by Crippen LogP contribution is 2.36. The molecule has 0 radical (unpaired) electrons. The number of para-hydroxylation sites is 2. The average molecular weight is 425 g/mol. The molecule has 31 heavy (non-hydrogen) atoms. The van der Waals surface area contributed by atoms with Crippen molar-refractivity contribution >= 4 is 30.0 Å². The van der Waals surface area contributed by atoms with Crippen LogP contribution in [0.15, 0.2) is 53.5 Å². The molecule has 10 nitrogen and oxygen atoms in total. The van der Waals surface area contributed by atoms with Gasteiger partial charge in [0.15, 0.2) is 29.0 Å². The van der Waals surface area contributed by atoms with E-state index in [0.29, 0.717) is 28.6 Å². The maximum Gasteiger partial charge on any atom is 0.328 e. The van der Waals surface area contributed by atoms with E-state index in [2.05, 4.69) is 4.99 Å². The third-order valence-electron chi connectivity index (χ3n) is 3.90. The average Bonchev–Trinajstić information content (AvgIpc) is 3.40. The first-order valence-corrected chi connectivity index (χ1v) is 8.94. The first-order chi connectivity index (χ1) is 14.9. The van der Waals surface area contributed by atoms with Crippen molar-refractivity contribution in [1.82, 2.24) is 0 Å². The topological polar surface area (TPSA) is 156 Å². The Hall–Kier alpha value is -4.47. The SMILES string of the molecule is NC(N)=NC(=O)C=Cc1cccc2c1OCO2.O=C(O)C=Cc1cccc2c1OCO2. The summed E-state index contributed by atoms with van der Waals surface area (Å²) in [6, 6.07) is 10.7. The molecule has 2 aromatic carbocycles. The highest BCUT2D eigenvalue weighted by molar-refractivity contribution is 6.00. The van der Waals surface area contributed by atoms with E-state index < -0.39 is 11.9 Å². The fraction of sp³-hybridized carbons (Fsp3) is 0.0952. The summed E-state index contributed by atoms with van der Waals surface area (Å²) < 4.78 is 20.8. The second-order valence-electron chi connectivity index (χ2n) is 6.04. The Morgan fingerprint density at radius 3 is 1.84 bits per heavy atom. The van der Waals surface area contributed by atoms with Gasteiger partial charge in [0, 0.05) is 23.3 Å². The van der Waals surface area contributed by atoms with Crippen molar-refractivity contribution in [3.05, 3.63) is 59.7 Å². The largest absolute Gasteiger partial charge is 0.478 e. The van der Waals surface area contributed by atoms with Gasteiger partial charge in [0.1, 0.15) is 0 Å². The van der Waals surface area contributed by atoms with Crippen LogP contribution in [0.5, 0.6) is 23.0 Å². The van der Waals surface area contributed by atoms with Crippen molar-refractivity contribution in [2.75, 3.05) is 13.6 Å². The van der Waals surface area contributed by atoms with Gasteiger partial charge in [-0.1, -0.05) is 24.3 Å². The molecule has 10 heteroatoms. The van der Waals surface area contributed by atoms with Gasteiger partial charge >= 0.3 is 5.97 Å². The van der Waals surface area contributed by atoms with Gasteiger partial charge in [-0.2, -0.15) is 4.99 Å². The predicted octanol–water partition coefficient (Wildman–Crippen LogP) is 1.74. The molecule has 0 fully saturated rings. The number of hydrogen-bond donors (Lipinski definition) is 3. The van der Waals surface area contributed by atoms with Gasteiger partial charge in [-0.25, -0.2) is 4.79 Å². The summed E-state index contributed by atoms with van der Waals surface area (Å²) in [5.74, 6) is 0.741. The molecular formula is C21H19N3O7. The number of hydrogen-bond acceptors (Lipinski definition) is 6. The van der Waals surface area contributed by atoms with Crippen molar-refractivity contribution in [1.29, 1.82) is 0 Å². The Balaban J connectivity index is 0.000000179. The number of carboxylic acids is 1. The highest BCUT2D eigenvalue weighted by Gasteiger charge is 2.16. The van der Waals surface area contributed by atoms with Gasteiger partial charge in [0.25, 0.3) is 5.91 Å². The van der Waals surface area contributed by atoms with Gasteiger partial charge in [-0.3, -0.25) is 4.79 Å². The maximum absolute atomic E-state index is 11.2. The van der Waals surface area contributed by atoms with Crippen LogP contribution in [0.1, 0.15) is 11.1 Å². The zero-order valence-electron chi connectivity index (χ0n) is 16.2. The van der Waals surface area contributed by atoms with Crippen LogP contribution in [0.25, 0.3) is 12.2 Å². The molecule has 160 valence electrons. The van der Waals surface area contributed by atoms with E-state index in [9.17, 15) is 9.59 Å². The van der Waals surface area contributed by atoms with Gasteiger partial charge < -0.3 is 35.5 Å². The highest BCUT2D eigenvalue weighted by atomic mass is 16.7. The molecule has 1 amide bonds. The minimum absolute atomic E-state index is 0.183. The Kier molecular flexibility index (Phi) is 6.74. The second-order valence-corrected chi connectivity index (χ2v) is 6.04. The number of aliphatic carboxylic acids is 1. The standard InChI is InChI=1S/C11H11N3O3.C10H8O4/c12-11(13)14-9(15)5-4-7-2-1-3-8-10(7)17-6-16-8;11-9(12)5-4-7-2-1-3-8-10(7)14-6-13-8/h1-5H,6H2,(H4,12,13,14,15);1-5H,6H2,(H,11,12). The smallest absolute Gasteiger partial charge is 0.328 e. The van der Waals surface area contributed by atoms with Gasteiger partial charge in [-0.15, -0.1) is 0 Å². The van der Waals surface area contributed by atoms with Gasteiger partial charge in [-0.05, 0) is 24.3 Å². The molecule has 2 heterocycles. The van der Waals surface area contributed by atoms with Crippen LogP contribution >= 0.6 is 0 Å². The maximum atomic E-state index is 11.2. The van der Waals surface area contributed by atoms with E-state index in [0.717, 1.165) is 11.6 Å². The summed E-state index contributed by atoms with van der Waals surface area (Å²) in [5, 5.41) is 8.46. The lowest BCUT2D eigenvalue weighted by atomic mass is 10.1. The zero-order valence-corrected chi connectivity index (χ0v) is 16.2. The number of amides is 1. The fourth-order valence-corrected chi connectivity index (χ4v) is 2.65. The minimum atomic E-state index is -0.985. The van der Waals surface area contributed by atoms with Crippen molar-refractivity contribution in [3.8, 4) is 23.0 Å². The van der Waals surface area contributed by atoms with Crippen molar-refractivity contribution in [2.45, 2.75) is 0 Å². The van der Waals surface area contributed by atoms with Gasteiger partial charge in [0.05, 0.1) is 0 Å². The second kappa shape index (κ2) is 9.83. The third-order valence-corrected chi connectivity index (χ3v) is 3.90. The van der Waals surface area contributed by atoms with Crippen LogP contribution in [-0.4, -0.2) is 36.5 Å². The van der Waals surface area contributed by atoms with Crippen molar-refractivity contribution < 1.29 is 33.6 Å². The van der Waals surface area contributed by atoms with Gasteiger partial charge in [0.2, 0.25) is 13.6 Å². The van der Waals surface area contributed by atoms with E-state index in [1.54, 1.807) is 42.5 Å². The van der Waals surface area contributed by atoms with Crippen LogP contribution < -0.4 is 30.4 Å². The molecular weight excluding hydrogens is 406 g/mol. The van der Waals surface area contributed by atoms with E-state index >= 15 is 0 Å². The Morgan fingerprint density at radius 2 is 1.35 bits per heavy atom. The first-order valence-electron chi connectivity index (χ1n) is 8.94. The Labute approximate surface area is 177 Å². The number of nitrogens with zero attached hydrogens (tertiary/aromatic N) is 1. The lowest BCUT2D eigenvalue weighted by Gasteiger charge is -1.99. The molecule has 0 aliphatic carbocycles. The minimum Gasteiger partial charge on any atom is -0.478 e. The van der Waals surface area contributed by atoms with E-state index in [1.165, 1.54) is 12.2 Å².